The number of imidazole rings is 1. The van der Waals surface area contributed by atoms with Crippen LogP contribution in [0.5, 0.6) is 0 Å². The molecule has 0 bridgehead atoms. The second kappa shape index (κ2) is 17.7. The van der Waals surface area contributed by atoms with Crippen molar-refractivity contribution in [1.29, 1.82) is 0 Å². The van der Waals surface area contributed by atoms with Gasteiger partial charge in [0.25, 0.3) is 0 Å². The third-order valence-electron chi connectivity index (χ3n) is 10.0. The van der Waals surface area contributed by atoms with Crippen LogP contribution in [-0.2, 0) is 23.9 Å². The number of ether oxygens (including phenoxy) is 2. The van der Waals surface area contributed by atoms with E-state index in [9.17, 15) is 24.0 Å². The van der Waals surface area contributed by atoms with E-state index in [2.05, 4.69) is 59.8 Å². The number of aromatic nitrogens is 4. The molecule has 2 saturated heterocycles. The first-order valence-corrected chi connectivity index (χ1v) is 18.3. The number of hydrogen-bond donors (Lipinski definition) is 4. The van der Waals surface area contributed by atoms with Crippen molar-refractivity contribution in [3.8, 4) is 22.4 Å². The summed E-state index contributed by atoms with van der Waals surface area (Å²) in [5, 5.41) is 9.90. The minimum atomic E-state index is -0.825. The predicted octanol–water partition coefficient (Wildman–Crippen LogP) is 4.74. The van der Waals surface area contributed by atoms with Crippen LogP contribution in [0.4, 0.5) is 15.5 Å². The van der Waals surface area contributed by atoms with E-state index in [1.165, 1.54) is 14.2 Å². The first-order chi connectivity index (χ1) is 27.1. The lowest BCUT2D eigenvalue weighted by Gasteiger charge is -2.27. The number of likely N-dealkylation sites (tertiary alicyclic amines) is 2. The lowest BCUT2D eigenvalue weighted by Crippen LogP contribution is -2.48. The molecule has 2 aliphatic heterocycles. The van der Waals surface area contributed by atoms with Gasteiger partial charge in [0.15, 0.2) is 0 Å². The largest absolute Gasteiger partial charge is 0.453 e. The van der Waals surface area contributed by atoms with Gasteiger partial charge in [-0.2, -0.15) is 0 Å². The van der Waals surface area contributed by atoms with Crippen molar-refractivity contribution in [2.45, 2.75) is 50.2 Å². The molecule has 56 heavy (non-hydrogen) atoms. The highest BCUT2D eigenvalue weighted by Gasteiger charge is 2.37. The van der Waals surface area contributed by atoms with Gasteiger partial charge in [-0.3, -0.25) is 19.7 Å². The molecule has 0 aliphatic carbocycles. The number of carbonyl (C=O) groups is 5. The van der Waals surface area contributed by atoms with Gasteiger partial charge in [0.05, 0.1) is 38.1 Å². The molecule has 4 aromatic rings. The fourth-order valence-electron chi connectivity index (χ4n) is 7.09. The Kier molecular flexibility index (Phi) is 12.4. The number of methoxy groups -OCH3 is 2. The lowest BCUT2D eigenvalue weighted by atomic mass is 10.0. The van der Waals surface area contributed by atoms with Crippen molar-refractivity contribution in [2.24, 2.45) is 5.92 Å². The standard InChI is InChI=1S/C40H45N9O7/c1-5-8-30(45-39(53)55-3)36(51)48-17-15-28(23-48)35(50)47-38-42-20-29(21-43-38)26-12-11-25-19-27(14-13-24(25)18-26)32-22-41-34(44-32)33-10-7-16-49(33)37(52)31(9-6-2)46-40(54)56-4/h5-6,11-14,18-22,28,30-31,33H,1-2,7-10,15-17,23H2,3-4H3,(H,41,44)(H,45,53)(H,46,54)(H,42,43,47,50)/t28-,30+,31-,33-/m0/s1. The molecule has 4 atom stereocenters. The van der Waals surface area contributed by atoms with E-state index in [4.69, 9.17) is 4.74 Å². The number of H-pyrrole nitrogens is 1. The molecule has 16 nitrogen and oxygen atoms in total. The van der Waals surface area contributed by atoms with Gasteiger partial charge < -0.3 is 34.9 Å². The Hall–Kier alpha value is -6.58. The van der Waals surface area contributed by atoms with Crippen molar-refractivity contribution in [3.63, 3.8) is 0 Å². The Morgan fingerprint density at radius 2 is 1.45 bits per heavy atom. The molecule has 5 amide bonds. The van der Waals surface area contributed by atoms with Crippen LogP contribution in [0.1, 0.15) is 44.0 Å². The van der Waals surface area contributed by atoms with Gasteiger partial charge in [-0.1, -0.05) is 36.4 Å². The van der Waals surface area contributed by atoms with Crippen molar-refractivity contribution in [2.75, 3.05) is 39.2 Å². The summed E-state index contributed by atoms with van der Waals surface area (Å²) >= 11 is 0. The number of aromatic amines is 1. The molecule has 2 fully saturated rings. The maximum absolute atomic E-state index is 13.4. The zero-order valence-corrected chi connectivity index (χ0v) is 31.3. The average molecular weight is 764 g/mol. The summed E-state index contributed by atoms with van der Waals surface area (Å²) in [5.74, 6) is -0.427. The van der Waals surface area contributed by atoms with E-state index in [1.54, 1.807) is 40.5 Å². The Bertz CT molecular complexity index is 2120. The van der Waals surface area contributed by atoms with E-state index in [0.717, 1.165) is 46.0 Å². The van der Waals surface area contributed by atoms with Crippen LogP contribution in [0, 0.1) is 5.92 Å². The highest BCUT2D eigenvalue weighted by atomic mass is 16.5. The van der Waals surface area contributed by atoms with E-state index >= 15 is 0 Å². The van der Waals surface area contributed by atoms with Gasteiger partial charge >= 0.3 is 12.2 Å². The Morgan fingerprint density at radius 1 is 0.821 bits per heavy atom. The zero-order valence-electron chi connectivity index (χ0n) is 31.3. The minimum Gasteiger partial charge on any atom is -0.453 e. The number of hydrogen-bond acceptors (Lipinski definition) is 10. The van der Waals surface area contributed by atoms with Crippen molar-refractivity contribution < 1.29 is 33.4 Å². The van der Waals surface area contributed by atoms with E-state index < -0.39 is 30.2 Å². The van der Waals surface area contributed by atoms with Crippen LogP contribution in [0.15, 0.2) is 80.3 Å². The van der Waals surface area contributed by atoms with Crippen molar-refractivity contribution >= 4 is 46.6 Å². The molecular weight excluding hydrogens is 718 g/mol. The zero-order chi connectivity index (χ0) is 39.8. The van der Waals surface area contributed by atoms with Gasteiger partial charge in [-0.25, -0.2) is 24.5 Å². The van der Waals surface area contributed by atoms with Gasteiger partial charge in [-0.05, 0) is 60.6 Å². The van der Waals surface area contributed by atoms with E-state index in [1.807, 2.05) is 30.3 Å². The first-order valence-electron chi connectivity index (χ1n) is 18.3. The lowest BCUT2D eigenvalue weighted by molar-refractivity contribution is -0.134. The molecule has 4 N–H and O–H groups in total. The number of amides is 5. The number of carbonyl (C=O) groups excluding carboxylic acids is 5. The Balaban J connectivity index is 1.07. The highest BCUT2D eigenvalue weighted by Crippen LogP contribution is 2.33. The molecule has 0 radical (unpaired) electrons. The quantitative estimate of drug-likeness (QED) is 0.138. The van der Waals surface area contributed by atoms with Gasteiger partial charge in [-0.15, -0.1) is 13.2 Å². The summed E-state index contributed by atoms with van der Waals surface area (Å²) in [7, 11) is 2.48. The number of nitrogens with zero attached hydrogens (tertiary/aromatic N) is 5. The predicted molar refractivity (Wildman–Crippen MR) is 208 cm³/mol. The van der Waals surface area contributed by atoms with Crippen LogP contribution in [-0.4, -0.2) is 106 Å². The monoisotopic (exact) mass is 763 g/mol. The second-order valence-electron chi connectivity index (χ2n) is 13.6. The smallest absolute Gasteiger partial charge is 0.407 e. The number of alkyl carbamates (subject to hydrolysis) is 2. The molecule has 0 spiro atoms. The van der Waals surface area contributed by atoms with E-state index in [-0.39, 0.29) is 49.1 Å². The number of rotatable bonds is 13. The molecule has 292 valence electrons. The minimum absolute atomic E-state index is 0.157. The SMILES string of the molecule is C=CC[C@H](NC(=O)OC)C(=O)N1CCC[C@H]1c1ncc(-c2ccc3cc(-c4cnc(NC(=O)[C@H]5CCN(C(=O)[C@@H](CC=C)NC(=O)OC)C5)nc4)ccc3c2)[nH]1. The fraction of sp³-hybridized carbons (Fsp3) is 0.350. The number of benzene rings is 2. The highest BCUT2D eigenvalue weighted by molar-refractivity contribution is 5.93. The van der Waals surface area contributed by atoms with Crippen molar-refractivity contribution in [3.05, 3.63) is 86.1 Å². The van der Waals surface area contributed by atoms with Crippen molar-refractivity contribution in [1.82, 2.24) is 40.4 Å². The molecule has 2 aromatic heterocycles. The van der Waals surface area contributed by atoms with Gasteiger partial charge in [0, 0.05) is 43.2 Å². The Morgan fingerprint density at radius 3 is 2.09 bits per heavy atom. The van der Waals surface area contributed by atoms with Gasteiger partial charge in [0.1, 0.15) is 17.9 Å². The maximum Gasteiger partial charge on any atom is 0.407 e. The normalized spacial score (nSPS) is 17.5. The first kappa shape index (κ1) is 39.1. The molecule has 0 unspecified atom stereocenters. The molecule has 4 heterocycles. The third-order valence-corrected chi connectivity index (χ3v) is 10.0. The summed E-state index contributed by atoms with van der Waals surface area (Å²) in [6.45, 7) is 8.50. The number of anilines is 1. The molecule has 6 rings (SSSR count). The van der Waals surface area contributed by atoms with Crippen LogP contribution in [0.25, 0.3) is 33.2 Å². The molecular formula is C40H45N9O7. The maximum atomic E-state index is 13.4. The van der Waals surface area contributed by atoms with Crippen LogP contribution < -0.4 is 16.0 Å². The van der Waals surface area contributed by atoms with Crippen LogP contribution in [0.3, 0.4) is 0 Å². The third kappa shape index (κ3) is 8.86. The van der Waals surface area contributed by atoms with E-state index in [0.29, 0.717) is 25.3 Å². The molecule has 16 heteroatoms. The van der Waals surface area contributed by atoms with Crippen LogP contribution >= 0.6 is 0 Å². The average Bonchev–Trinajstić information content (AvgIpc) is 4.02. The summed E-state index contributed by atoms with van der Waals surface area (Å²) < 4.78 is 9.33. The summed E-state index contributed by atoms with van der Waals surface area (Å²) in [6.07, 6.45) is 9.34. The number of nitrogens with one attached hydrogen (secondary N) is 4. The Labute approximate surface area is 323 Å². The van der Waals surface area contributed by atoms with Gasteiger partial charge in [0.2, 0.25) is 23.7 Å². The molecule has 2 aliphatic rings. The second-order valence-corrected chi connectivity index (χ2v) is 13.6. The number of fused-ring (bicyclic) bond motifs is 1. The molecule has 2 aromatic carbocycles. The van der Waals surface area contributed by atoms with Crippen LogP contribution in [0.2, 0.25) is 0 Å². The summed E-state index contributed by atoms with van der Waals surface area (Å²) in [5.41, 5.74) is 3.42. The topological polar surface area (TPSA) is 201 Å². The summed E-state index contributed by atoms with van der Waals surface area (Å²) in [6, 6.07) is 10.3. The summed E-state index contributed by atoms with van der Waals surface area (Å²) in [4.78, 5) is 83.2. The fourth-order valence-corrected chi connectivity index (χ4v) is 7.09. The molecule has 0 saturated carbocycles.